The molecule has 0 saturated heterocycles. The molecule has 1 aromatic rings. The molecule has 0 aliphatic heterocycles. The standard InChI is InChI=1S/C12H14N2O2/c15-12(16)10-7-4-8-11(14-10)13-9-5-2-1-3-6-9/h1-2,4,7-9H,3,5-6H2,(H,13,14)(H,15,16). The highest BCUT2D eigenvalue weighted by molar-refractivity contribution is 5.85. The molecule has 1 heterocycles. The van der Waals surface area contributed by atoms with Crippen molar-refractivity contribution in [1.82, 2.24) is 4.98 Å². The molecule has 1 aliphatic carbocycles. The van der Waals surface area contributed by atoms with E-state index in [9.17, 15) is 4.79 Å². The second kappa shape index (κ2) is 4.79. The fourth-order valence-corrected chi connectivity index (χ4v) is 1.77. The Balaban J connectivity index is 2.06. The zero-order chi connectivity index (χ0) is 11.4. The molecule has 2 rings (SSSR count). The first-order valence-corrected chi connectivity index (χ1v) is 5.37. The molecule has 2 N–H and O–H groups in total. The molecule has 4 nitrogen and oxygen atoms in total. The molecular weight excluding hydrogens is 204 g/mol. The van der Waals surface area contributed by atoms with E-state index >= 15 is 0 Å². The minimum atomic E-state index is -0.993. The fourth-order valence-electron chi connectivity index (χ4n) is 1.77. The van der Waals surface area contributed by atoms with Gasteiger partial charge in [-0.25, -0.2) is 9.78 Å². The predicted molar refractivity (Wildman–Crippen MR) is 61.6 cm³/mol. The molecule has 0 spiro atoms. The maximum atomic E-state index is 10.7. The van der Waals surface area contributed by atoms with E-state index in [0.717, 1.165) is 19.3 Å². The first kappa shape index (κ1) is 10.7. The maximum Gasteiger partial charge on any atom is 0.354 e. The van der Waals surface area contributed by atoms with Crippen LogP contribution in [-0.2, 0) is 0 Å². The van der Waals surface area contributed by atoms with Crippen LogP contribution in [0, 0.1) is 0 Å². The molecule has 1 atom stereocenters. The van der Waals surface area contributed by atoms with Gasteiger partial charge in [0.1, 0.15) is 5.82 Å². The van der Waals surface area contributed by atoms with Crippen LogP contribution < -0.4 is 5.32 Å². The van der Waals surface area contributed by atoms with Crippen molar-refractivity contribution in [2.24, 2.45) is 0 Å². The van der Waals surface area contributed by atoms with Crippen molar-refractivity contribution < 1.29 is 9.90 Å². The van der Waals surface area contributed by atoms with Crippen molar-refractivity contribution in [2.75, 3.05) is 5.32 Å². The largest absolute Gasteiger partial charge is 0.477 e. The quantitative estimate of drug-likeness (QED) is 0.764. The molecule has 0 fully saturated rings. The average Bonchev–Trinajstić information content (AvgIpc) is 2.30. The first-order valence-electron chi connectivity index (χ1n) is 5.37. The van der Waals surface area contributed by atoms with E-state index in [1.165, 1.54) is 6.07 Å². The second-order valence-electron chi connectivity index (χ2n) is 3.84. The number of aromatic carboxylic acids is 1. The van der Waals surface area contributed by atoms with Gasteiger partial charge in [0, 0.05) is 6.04 Å². The van der Waals surface area contributed by atoms with Gasteiger partial charge in [0.25, 0.3) is 0 Å². The number of nitrogens with one attached hydrogen (secondary N) is 1. The molecule has 1 unspecified atom stereocenters. The van der Waals surface area contributed by atoms with E-state index in [4.69, 9.17) is 5.11 Å². The Hall–Kier alpha value is -1.84. The van der Waals surface area contributed by atoms with E-state index in [2.05, 4.69) is 22.5 Å². The highest BCUT2D eigenvalue weighted by Crippen LogP contribution is 2.15. The first-order chi connectivity index (χ1) is 7.75. The lowest BCUT2D eigenvalue weighted by Gasteiger charge is -2.19. The van der Waals surface area contributed by atoms with Crippen molar-refractivity contribution in [1.29, 1.82) is 0 Å². The summed E-state index contributed by atoms with van der Waals surface area (Å²) in [4.78, 5) is 14.8. The third kappa shape index (κ3) is 2.59. The van der Waals surface area contributed by atoms with Gasteiger partial charge in [0.15, 0.2) is 5.69 Å². The number of carboxylic acid groups (broad SMARTS) is 1. The van der Waals surface area contributed by atoms with E-state index in [1.807, 2.05) is 0 Å². The average molecular weight is 218 g/mol. The van der Waals surface area contributed by atoms with Gasteiger partial charge in [-0.05, 0) is 31.4 Å². The van der Waals surface area contributed by atoms with Crippen molar-refractivity contribution in [3.8, 4) is 0 Å². The van der Waals surface area contributed by atoms with Gasteiger partial charge in [-0.15, -0.1) is 0 Å². The molecule has 84 valence electrons. The highest BCUT2D eigenvalue weighted by atomic mass is 16.4. The zero-order valence-electron chi connectivity index (χ0n) is 8.89. The van der Waals surface area contributed by atoms with E-state index in [-0.39, 0.29) is 5.69 Å². The van der Waals surface area contributed by atoms with Crippen LogP contribution in [-0.4, -0.2) is 22.1 Å². The molecule has 0 radical (unpaired) electrons. The molecule has 16 heavy (non-hydrogen) atoms. The summed E-state index contributed by atoms with van der Waals surface area (Å²) in [5.41, 5.74) is 0.0800. The number of hydrogen-bond acceptors (Lipinski definition) is 3. The molecule has 1 aromatic heterocycles. The molecule has 0 amide bonds. The lowest BCUT2D eigenvalue weighted by Crippen LogP contribution is -2.21. The van der Waals surface area contributed by atoms with Gasteiger partial charge >= 0.3 is 5.97 Å². The molecule has 1 aliphatic rings. The van der Waals surface area contributed by atoms with Crippen LogP contribution in [0.25, 0.3) is 0 Å². The van der Waals surface area contributed by atoms with Crippen LogP contribution in [0.5, 0.6) is 0 Å². The van der Waals surface area contributed by atoms with Crippen molar-refractivity contribution in [3.63, 3.8) is 0 Å². The summed E-state index contributed by atoms with van der Waals surface area (Å²) in [7, 11) is 0. The van der Waals surface area contributed by atoms with Gasteiger partial charge in [0.05, 0.1) is 0 Å². The number of hydrogen-bond donors (Lipinski definition) is 2. The van der Waals surface area contributed by atoms with Gasteiger partial charge in [-0.3, -0.25) is 0 Å². The summed E-state index contributed by atoms with van der Waals surface area (Å²) in [6.45, 7) is 0. The van der Waals surface area contributed by atoms with E-state index in [0.29, 0.717) is 11.9 Å². The Morgan fingerprint density at radius 2 is 2.31 bits per heavy atom. The number of carboxylic acids is 1. The summed E-state index contributed by atoms with van der Waals surface area (Å²) < 4.78 is 0. The Kier molecular flexibility index (Phi) is 3.19. The molecular formula is C12H14N2O2. The van der Waals surface area contributed by atoms with Crippen LogP contribution in [0.1, 0.15) is 29.8 Å². The molecule has 4 heteroatoms. The summed E-state index contributed by atoms with van der Waals surface area (Å²) >= 11 is 0. The van der Waals surface area contributed by atoms with Gasteiger partial charge in [-0.2, -0.15) is 0 Å². The van der Waals surface area contributed by atoms with Gasteiger partial charge in [0.2, 0.25) is 0 Å². The number of aromatic nitrogens is 1. The summed E-state index contributed by atoms with van der Waals surface area (Å²) in [5.74, 6) is -0.354. The van der Waals surface area contributed by atoms with Crippen LogP contribution in [0.3, 0.4) is 0 Å². The van der Waals surface area contributed by atoms with Crippen LogP contribution in [0.2, 0.25) is 0 Å². The third-order valence-corrected chi connectivity index (χ3v) is 2.59. The summed E-state index contributed by atoms with van der Waals surface area (Å²) in [6, 6.07) is 5.36. The Bertz CT molecular complexity index is 415. The Morgan fingerprint density at radius 1 is 1.44 bits per heavy atom. The normalized spacial score (nSPS) is 19.4. The monoisotopic (exact) mass is 218 g/mol. The van der Waals surface area contributed by atoms with Crippen molar-refractivity contribution in [3.05, 3.63) is 36.0 Å². The highest BCUT2D eigenvalue weighted by Gasteiger charge is 2.11. The van der Waals surface area contributed by atoms with Gasteiger partial charge in [-0.1, -0.05) is 18.2 Å². The Morgan fingerprint density at radius 3 is 3.00 bits per heavy atom. The number of nitrogens with zero attached hydrogens (tertiary/aromatic N) is 1. The maximum absolute atomic E-state index is 10.7. The second-order valence-corrected chi connectivity index (χ2v) is 3.84. The number of pyridine rings is 1. The summed E-state index contributed by atoms with van der Waals surface area (Å²) in [5, 5.41) is 12.1. The number of carbonyl (C=O) groups is 1. The van der Waals surface area contributed by atoms with Gasteiger partial charge < -0.3 is 10.4 Å². The zero-order valence-corrected chi connectivity index (χ0v) is 8.89. The topological polar surface area (TPSA) is 62.2 Å². The Labute approximate surface area is 94.0 Å². The minimum Gasteiger partial charge on any atom is -0.477 e. The lowest BCUT2D eigenvalue weighted by atomic mass is 10.0. The summed E-state index contributed by atoms with van der Waals surface area (Å²) in [6.07, 6.45) is 7.41. The van der Waals surface area contributed by atoms with Crippen LogP contribution in [0.4, 0.5) is 5.82 Å². The fraction of sp³-hybridized carbons (Fsp3) is 0.333. The van der Waals surface area contributed by atoms with E-state index < -0.39 is 5.97 Å². The number of anilines is 1. The van der Waals surface area contributed by atoms with Crippen LogP contribution in [0.15, 0.2) is 30.4 Å². The molecule has 0 saturated carbocycles. The van der Waals surface area contributed by atoms with Crippen LogP contribution >= 0.6 is 0 Å². The minimum absolute atomic E-state index is 0.0800. The third-order valence-electron chi connectivity index (χ3n) is 2.59. The lowest BCUT2D eigenvalue weighted by molar-refractivity contribution is 0.0690. The number of rotatable bonds is 3. The molecule has 0 aromatic carbocycles. The smallest absolute Gasteiger partial charge is 0.354 e. The van der Waals surface area contributed by atoms with E-state index in [1.54, 1.807) is 12.1 Å². The SMILES string of the molecule is O=C(O)c1cccc(NC2CC=CCC2)n1. The molecule has 0 bridgehead atoms. The number of allylic oxidation sites excluding steroid dienone is 1. The predicted octanol–water partition coefficient (Wildman–Crippen LogP) is 2.30. The van der Waals surface area contributed by atoms with Crippen molar-refractivity contribution >= 4 is 11.8 Å². The van der Waals surface area contributed by atoms with Crippen molar-refractivity contribution in [2.45, 2.75) is 25.3 Å².